The minimum atomic E-state index is -1.80. The van der Waals surface area contributed by atoms with Crippen molar-refractivity contribution in [3.63, 3.8) is 0 Å². The Morgan fingerprint density at radius 1 is 1.24 bits per heavy atom. The number of hydrogen-bond acceptors (Lipinski definition) is 4. The van der Waals surface area contributed by atoms with Crippen LogP contribution in [0.2, 0.25) is 0 Å². The lowest BCUT2D eigenvalue weighted by Crippen LogP contribution is -2.26. The van der Waals surface area contributed by atoms with Crippen LogP contribution in [0.1, 0.15) is 18.4 Å². The summed E-state index contributed by atoms with van der Waals surface area (Å²) in [6.07, 6.45) is 3.98. The molecule has 0 spiro atoms. The summed E-state index contributed by atoms with van der Waals surface area (Å²) >= 11 is 0. The number of benzene rings is 1. The van der Waals surface area contributed by atoms with Gasteiger partial charge in [0.2, 0.25) is 0 Å². The Morgan fingerprint density at radius 2 is 1.95 bits per heavy atom. The molecule has 0 atom stereocenters. The third-order valence-corrected chi connectivity index (χ3v) is 6.67. The minimum Gasteiger partial charge on any atom is -0.497 e. The predicted molar refractivity (Wildman–Crippen MR) is 87.2 cm³/mol. The summed E-state index contributed by atoms with van der Waals surface area (Å²) in [7, 11) is 1.54. The third kappa shape index (κ3) is 4.76. The van der Waals surface area contributed by atoms with Crippen molar-refractivity contribution in [3.05, 3.63) is 23.8 Å². The zero-order valence-corrected chi connectivity index (χ0v) is 14.1. The highest BCUT2D eigenvalue weighted by Crippen LogP contribution is 2.47. The second-order valence-corrected chi connectivity index (χ2v) is 9.48. The van der Waals surface area contributed by atoms with Gasteiger partial charge >= 0.3 is 0 Å². The number of nitrogens with one attached hydrogen (secondary N) is 1. The van der Waals surface area contributed by atoms with E-state index in [9.17, 15) is 4.57 Å². The highest BCUT2D eigenvalue weighted by atomic mass is 31.2. The van der Waals surface area contributed by atoms with Crippen LogP contribution in [0.15, 0.2) is 18.2 Å². The first-order valence-electron chi connectivity index (χ1n) is 7.51. The average Bonchev–Trinajstić information content (AvgIpc) is 2.49. The number of ether oxygens (including phenoxy) is 2. The molecule has 1 aliphatic heterocycles. The quantitative estimate of drug-likeness (QED) is 0.820. The predicted octanol–water partition coefficient (Wildman–Crippen LogP) is 3.20. The zero-order valence-electron chi connectivity index (χ0n) is 13.2. The van der Waals surface area contributed by atoms with E-state index in [2.05, 4.69) is 5.32 Å². The molecule has 4 nitrogen and oxygen atoms in total. The van der Waals surface area contributed by atoms with Crippen molar-refractivity contribution >= 4 is 7.14 Å². The summed E-state index contributed by atoms with van der Waals surface area (Å²) in [4.78, 5) is 0. The largest absolute Gasteiger partial charge is 0.497 e. The van der Waals surface area contributed by atoms with Crippen molar-refractivity contribution in [1.82, 2.24) is 5.32 Å². The molecule has 21 heavy (non-hydrogen) atoms. The van der Waals surface area contributed by atoms with Crippen LogP contribution in [0, 0.1) is 5.92 Å². The van der Waals surface area contributed by atoms with Crippen molar-refractivity contribution in [1.29, 1.82) is 0 Å². The molecule has 0 amide bonds. The number of methoxy groups -OCH3 is 2. The molecule has 5 heteroatoms. The highest BCUT2D eigenvalue weighted by molar-refractivity contribution is 7.63. The van der Waals surface area contributed by atoms with E-state index < -0.39 is 7.14 Å². The molecule has 1 aromatic carbocycles. The highest BCUT2D eigenvalue weighted by Gasteiger charge is 2.25. The van der Waals surface area contributed by atoms with Crippen LogP contribution in [0.4, 0.5) is 0 Å². The normalized spacial score (nSPS) is 25.6. The Kier molecular flexibility index (Phi) is 5.72. The van der Waals surface area contributed by atoms with E-state index in [0.29, 0.717) is 5.92 Å². The van der Waals surface area contributed by atoms with Crippen LogP contribution in [-0.2, 0) is 11.1 Å². The number of hydrogen-bond donors (Lipinski definition) is 1. The van der Waals surface area contributed by atoms with Crippen molar-refractivity contribution in [2.24, 2.45) is 5.92 Å². The SMILES string of the molecule is COc1ccc(CNCC2CCP(C)(=O)CC2)c(OC)c1. The lowest BCUT2D eigenvalue weighted by Gasteiger charge is -2.26. The van der Waals surface area contributed by atoms with Gasteiger partial charge in [0.15, 0.2) is 0 Å². The fourth-order valence-corrected chi connectivity index (χ4v) is 4.83. The minimum absolute atomic E-state index is 0.649. The topological polar surface area (TPSA) is 47.6 Å². The molecule has 1 aliphatic rings. The number of rotatable bonds is 6. The Morgan fingerprint density at radius 3 is 2.57 bits per heavy atom. The van der Waals surface area contributed by atoms with Crippen LogP contribution in [0.25, 0.3) is 0 Å². The summed E-state index contributed by atoms with van der Waals surface area (Å²) in [5.41, 5.74) is 1.13. The Labute approximate surface area is 127 Å². The molecule has 1 heterocycles. The average molecular weight is 311 g/mol. The van der Waals surface area contributed by atoms with Gasteiger partial charge in [-0.3, -0.25) is 0 Å². The van der Waals surface area contributed by atoms with Gasteiger partial charge < -0.3 is 19.4 Å². The first-order valence-corrected chi connectivity index (χ1v) is 10.0. The van der Waals surface area contributed by atoms with Crippen LogP contribution < -0.4 is 14.8 Å². The van der Waals surface area contributed by atoms with Gasteiger partial charge in [0.05, 0.1) is 21.4 Å². The second kappa shape index (κ2) is 7.33. The molecule has 0 unspecified atom stereocenters. The molecule has 1 aromatic rings. The fraction of sp³-hybridized carbons (Fsp3) is 0.625. The maximum atomic E-state index is 12.0. The molecule has 2 rings (SSSR count). The third-order valence-electron chi connectivity index (χ3n) is 4.26. The van der Waals surface area contributed by atoms with E-state index in [1.807, 2.05) is 24.9 Å². The van der Waals surface area contributed by atoms with Gasteiger partial charge in [0.1, 0.15) is 11.5 Å². The molecule has 0 saturated carbocycles. The van der Waals surface area contributed by atoms with E-state index in [4.69, 9.17) is 9.47 Å². The first-order chi connectivity index (χ1) is 10.0. The summed E-state index contributed by atoms with van der Waals surface area (Å²) in [6, 6.07) is 5.89. The molecule has 1 N–H and O–H groups in total. The van der Waals surface area contributed by atoms with Gasteiger partial charge in [-0.05, 0) is 38.0 Å². The molecule has 1 fully saturated rings. The molecule has 0 aliphatic carbocycles. The van der Waals surface area contributed by atoms with Gasteiger partial charge in [-0.15, -0.1) is 0 Å². The maximum Gasteiger partial charge on any atom is 0.127 e. The molecule has 118 valence electrons. The van der Waals surface area contributed by atoms with Crippen molar-refractivity contribution in [2.75, 3.05) is 39.8 Å². The first kappa shape index (κ1) is 16.4. The maximum absolute atomic E-state index is 12.0. The van der Waals surface area contributed by atoms with E-state index in [0.717, 1.165) is 55.3 Å². The Bertz CT molecular complexity index is 506. The molecule has 1 saturated heterocycles. The van der Waals surface area contributed by atoms with Crippen LogP contribution >= 0.6 is 7.14 Å². The summed E-state index contributed by atoms with van der Waals surface area (Å²) in [5.74, 6) is 2.31. The zero-order chi connectivity index (χ0) is 15.3. The van der Waals surface area contributed by atoms with Crippen molar-refractivity contribution in [3.8, 4) is 11.5 Å². The Hall–Kier alpha value is -0.990. The second-order valence-electron chi connectivity index (χ2n) is 6.00. The van der Waals surface area contributed by atoms with E-state index in [1.54, 1.807) is 14.2 Å². The van der Waals surface area contributed by atoms with Crippen molar-refractivity contribution < 1.29 is 14.0 Å². The van der Waals surface area contributed by atoms with E-state index in [-0.39, 0.29) is 0 Å². The summed E-state index contributed by atoms with van der Waals surface area (Å²) < 4.78 is 22.6. The smallest absolute Gasteiger partial charge is 0.127 e. The van der Waals surface area contributed by atoms with Crippen LogP contribution in [0.3, 0.4) is 0 Å². The lowest BCUT2D eigenvalue weighted by molar-refractivity contribution is 0.387. The van der Waals surface area contributed by atoms with Gasteiger partial charge in [0.25, 0.3) is 0 Å². The fourth-order valence-electron chi connectivity index (χ4n) is 2.78. The molecule has 0 bridgehead atoms. The van der Waals surface area contributed by atoms with E-state index in [1.165, 1.54) is 0 Å². The van der Waals surface area contributed by atoms with Gasteiger partial charge in [-0.2, -0.15) is 0 Å². The lowest BCUT2D eigenvalue weighted by atomic mass is 10.0. The summed E-state index contributed by atoms with van der Waals surface area (Å²) in [5, 5.41) is 3.50. The summed E-state index contributed by atoms with van der Waals surface area (Å²) in [6.45, 7) is 3.71. The standard InChI is InChI=1S/C16H26NO3P/c1-19-15-5-4-14(16(10-15)20-2)12-17-11-13-6-8-21(3,18)9-7-13/h4-5,10,13,17H,6-9,11-12H2,1-3H3. The van der Waals surface area contributed by atoms with Gasteiger partial charge in [-0.25, -0.2) is 0 Å². The van der Waals surface area contributed by atoms with Crippen LogP contribution in [-0.4, -0.2) is 39.8 Å². The van der Waals surface area contributed by atoms with Crippen LogP contribution in [0.5, 0.6) is 11.5 Å². The van der Waals surface area contributed by atoms with Gasteiger partial charge in [-0.1, -0.05) is 6.07 Å². The molecule has 0 radical (unpaired) electrons. The Balaban J connectivity index is 1.82. The monoisotopic (exact) mass is 311 g/mol. The molecular weight excluding hydrogens is 285 g/mol. The molecule has 0 aromatic heterocycles. The van der Waals surface area contributed by atoms with E-state index >= 15 is 0 Å². The van der Waals surface area contributed by atoms with Gasteiger partial charge in [0, 0.05) is 30.5 Å². The van der Waals surface area contributed by atoms with Crippen molar-refractivity contribution in [2.45, 2.75) is 19.4 Å². The molecular formula is C16H26NO3P.